The van der Waals surface area contributed by atoms with E-state index < -0.39 is 5.91 Å². The third-order valence-corrected chi connectivity index (χ3v) is 15.7. The maximum absolute atomic E-state index is 13.3. The van der Waals surface area contributed by atoms with E-state index in [1.54, 1.807) is 29.7 Å². The van der Waals surface area contributed by atoms with E-state index >= 15 is 0 Å². The molecule has 3 aliphatic carbocycles. The second kappa shape index (κ2) is 24.5. The van der Waals surface area contributed by atoms with Gasteiger partial charge in [-0.15, -0.1) is 0 Å². The van der Waals surface area contributed by atoms with Crippen molar-refractivity contribution in [2.24, 2.45) is 16.2 Å². The van der Waals surface area contributed by atoms with Crippen LogP contribution in [0.2, 0.25) is 0 Å². The number of esters is 2. The molecule has 16 heteroatoms. The first-order valence-corrected chi connectivity index (χ1v) is 24.8. The molecule has 3 spiro atoms. The van der Waals surface area contributed by atoms with E-state index in [1.165, 1.54) is 30.9 Å². The molecule has 5 aromatic carbocycles. The third-order valence-electron chi connectivity index (χ3n) is 15.7. The van der Waals surface area contributed by atoms with Gasteiger partial charge in [-0.25, -0.2) is 15.1 Å². The number of carbonyl (C=O) groups is 6. The molecule has 4 amide bonds. The lowest BCUT2D eigenvalue weighted by molar-refractivity contribution is -0.147. The Kier molecular flexibility index (Phi) is 19.0. The summed E-state index contributed by atoms with van der Waals surface area (Å²) in [7, 11) is 2.77. The molecule has 0 unspecified atom stereocenters. The van der Waals surface area contributed by atoms with Crippen LogP contribution in [-0.2, 0) is 75.5 Å². The molecule has 3 aliphatic heterocycles. The lowest BCUT2D eigenvalue weighted by atomic mass is 9.76. The summed E-state index contributed by atoms with van der Waals surface area (Å²) in [6, 6.07) is 37.0. The molecule has 13 nitrogen and oxygen atoms in total. The predicted octanol–water partition coefficient (Wildman–Crippen LogP) is 7.90. The van der Waals surface area contributed by atoms with Crippen LogP contribution in [0.25, 0.3) is 0 Å². The highest BCUT2D eigenvalue weighted by Gasteiger charge is 2.49. The first kappa shape index (κ1) is 57.2. The summed E-state index contributed by atoms with van der Waals surface area (Å²) in [6.45, 7) is 3.72. The molecule has 0 saturated carbocycles. The second-order valence-electron chi connectivity index (χ2n) is 20.3. The summed E-state index contributed by atoms with van der Waals surface area (Å²) in [5.41, 5.74) is 11.3. The Morgan fingerprint density at radius 3 is 1.32 bits per heavy atom. The van der Waals surface area contributed by atoms with E-state index in [1.807, 2.05) is 76.5 Å². The average molecular weight is 1060 g/mol. The van der Waals surface area contributed by atoms with Crippen molar-refractivity contribution in [1.29, 1.82) is 0 Å². The monoisotopic (exact) mass is 1060 g/mol. The number of carbonyl (C=O) groups excluding carboxylic acids is 6. The minimum absolute atomic E-state index is 0. The van der Waals surface area contributed by atoms with Gasteiger partial charge in [0.15, 0.2) is 0 Å². The van der Waals surface area contributed by atoms with Crippen molar-refractivity contribution in [2.75, 3.05) is 33.9 Å². The number of likely N-dealkylation sites (tertiary alicyclic amines) is 2. The smallest absolute Gasteiger partial charge is 0.337 e. The van der Waals surface area contributed by atoms with Gasteiger partial charge in [-0.2, -0.15) is 40.5 Å². The van der Waals surface area contributed by atoms with Crippen LogP contribution in [-0.4, -0.2) is 84.4 Å². The number of nitrogens with one attached hydrogen (secondary N) is 2. The molecule has 6 aliphatic rings. The summed E-state index contributed by atoms with van der Waals surface area (Å²) in [5, 5.41) is 11.8. The Labute approximate surface area is 454 Å². The number of ether oxygens (including phenoxy) is 2. The van der Waals surface area contributed by atoms with Crippen LogP contribution in [0.4, 0.5) is 0 Å². The topological polar surface area (TPSA) is 172 Å². The quantitative estimate of drug-likeness (QED) is 0.0833. The first-order valence-electron chi connectivity index (χ1n) is 24.8. The van der Waals surface area contributed by atoms with Crippen LogP contribution in [0.1, 0.15) is 114 Å². The number of hydrogen-bond acceptors (Lipinski definition) is 9. The summed E-state index contributed by atoms with van der Waals surface area (Å²) in [5.74, 6) is -0.532. The predicted molar refractivity (Wildman–Crippen MR) is 296 cm³/mol. The van der Waals surface area contributed by atoms with Gasteiger partial charge in [0.25, 0.3) is 5.91 Å². The molecule has 5 aromatic rings. The van der Waals surface area contributed by atoms with E-state index in [4.69, 9.17) is 14.7 Å². The van der Waals surface area contributed by atoms with Crippen molar-refractivity contribution in [2.45, 2.75) is 90.1 Å². The van der Waals surface area contributed by atoms with E-state index in [-0.39, 0.29) is 86.4 Å². The molecule has 0 bridgehead atoms. The number of hydrogen-bond donors (Lipinski definition) is 3. The highest BCUT2D eigenvalue weighted by Crippen LogP contribution is 2.47. The molecular weight excluding hydrogens is 993 g/mol. The van der Waals surface area contributed by atoms with Crippen molar-refractivity contribution in [1.82, 2.24) is 20.6 Å². The van der Waals surface area contributed by atoms with Crippen LogP contribution < -0.4 is 10.8 Å². The highest BCUT2D eigenvalue weighted by molar-refractivity contribution is 7.59. The Bertz CT molecular complexity index is 2730. The fourth-order valence-electron chi connectivity index (χ4n) is 12.1. The van der Waals surface area contributed by atoms with E-state index in [2.05, 4.69) is 29.6 Å². The number of fused-ring (bicyclic) bond motifs is 3. The second-order valence-corrected chi connectivity index (χ2v) is 20.3. The lowest BCUT2D eigenvalue weighted by Crippen LogP contribution is -2.48. The molecule has 3 fully saturated rings. The van der Waals surface area contributed by atoms with Crippen LogP contribution in [0, 0.1) is 16.2 Å². The number of methoxy groups -OCH3 is 2. The molecular formula is C58H68N4O9S3. The first-order chi connectivity index (χ1) is 34.4. The van der Waals surface area contributed by atoms with Crippen molar-refractivity contribution in [3.05, 3.63) is 176 Å². The Morgan fingerprint density at radius 1 is 0.527 bits per heavy atom. The zero-order chi connectivity index (χ0) is 49.8. The fourth-order valence-corrected chi connectivity index (χ4v) is 12.1. The molecule has 0 radical (unpaired) electrons. The van der Waals surface area contributed by atoms with Gasteiger partial charge >= 0.3 is 11.9 Å². The lowest BCUT2D eigenvalue weighted by Gasteiger charge is -2.39. The van der Waals surface area contributed by atoms with Gasteiger partial charge in [0.05, 0.1) is 41.6 Å². The Morgan fingerprint density at radius 2 is 0.905 bits per heavy atom. The maximum atomic E-state index is 13.3. The molecule has 11 rings (SSSR count). The highest BCUT2D eigenvalue weighted by atomic mass is 32.1. The van der Waals surface area contributed by atoms with Crippen LogP contribution in [0.15, 0.2) is 115 Å². The molecule has 3 N–H and O–H groups in total. The van der Waals surface area contributed by atoms with Crippen molar-refractivity contribution in [3.63, 3.8) is 0 Å². The zero-order valence-corrected chi connectivity index (χ0v) is 45.1. The van der Waals surface area contributed by atoms with Crippen LogP contribution in [0.3, 0.4) is 0 Å². The van der Waals surface area contributed by atoms with Crippen LogP contribution >= 0.6 is 40.5 Å². The van der Waals surface area contributed by atoms with Gasteiger partial charge in [0.1, 0.15) is 0 Å². The number of amides is 4. The number of rotatable bonds is 7. The van der Waals surface area contributed by atoms with Gasteiger partial charge in [-0.05, 0) is 158 Å². The number of piperidine rings is 3. The minimum Gasteiger partial charge on any atom is -0.465 e. The largest absolute Gasteiger partial charge is 0.465 e. The average Bonchev–Trinajstić information content (AvgIpc) is 4.09. The third kappa shape index (κ3) is 11.9. The normalized spacial score (nSPS) is 21.7. The SMILES string of the molecule is COC(=O)c1ccc2c(c1)C[C@]1(CCCN(Cc3ccccc3)C1=O)C2.COC(=O)c1ccc2c(c1)C[C@]1(CCCNC1=O)C2.O=C(NO)c1ccc2c(c1)C[C@]1(CCCN(Cc3ccccc3)C1=O)C2.S.S.S. The van der Waals surface area contributed by atoms with Crippen molar-refractivity contribution < 1.29 is 43.4 Å². The molecule has 3 saturated heterocycles. The van der Waals surface area contributed by atoms with Gasteiger partial charge in [-0.1, -0.05) is 78.9 Å². The van der Waals surface area contributed by atoms with E-state index in [0.717, 1.165) is 118 Å². The van der Waals surface area contributed by atoms with Crippen molar-refractivity contribution in [3.8, 4) is 0 Å². The molecule has 0 aromatic heterocycles. The number of nitrogens with zero attached hydrogens (tertiary/aromatic N) is 2. The summed E-state index contributed by atoms with van der Waals surface area (Å²) in [6.07, 6.45) is 10.2. The van der Waals surface area contributed by atoms with E-state index in [0.29, 0.717) is 36.2 Å². The number of hydroxylamine groups is 1. The van der Waals surface area contributed by atoms with E-state index in [9.17, 15) is 28.8 Å². The zero-order valence-electron chi connectivity index (χ0n) is 42.1. The Balaban J connectivity index is 0.000000179. The summed E-state index contributed by atoms with van der Waals surface area (Å²) < 4.78 is 9.56. The van der Waals surface area contributed by atoms with Gasteiger partial charge in [-0.3, -0.25) is 24.4 Å². The van der Waals surface area contributed by atoms with Gasteiger partial charge in [0, 0.05) is 38.3 Å². The standard InChI is InChI=1S/C22H23NO3.C21H22N2O3.C15H17NO3.3H2S/c1-26-20(24)17-8-9-18-13-22(14-19(18)12-17)10-5-11-23(21(22)25)15-16-6-3-2-4-7-16;24-19(22-26)16-7-8-17-12-21(13-18(17)11-16)9-4-10-23(20(21)25)14-15-5-2-1-3-6-15;1-19-13(17)10-3-4-11-8-15(9-12(11)7-10)5-2-6-16-14(15)18;;;/h2-4,6-9,12H,5,10-11,13-15H2,1H3;1-3,5-8,11,26H,4,9-10,12-14H2,(H,22,24);3-4,7H,2,5-6,8-9H2,1H3,(H,16,18);3*1H2/t22-;21-;15-;;;/m000.../s1. The summed E-state index contributed by atoms with van der Waals surface area (Å²) >= 11 is 0. The minimum atomic E-state index is -0.519. The molecule has 74 heavy (non-hydrogen) atoms. The van der Waals surface area contributed by atoms with Gasteiger partial charge < -0.3 is 24.6 Å². The number of benzene rings is 5. The van der Waals surface area contributed by atoms with Gasteiger partial charge in [0.2, 0.25) is 17.7 Å². The molecule has 392 valence electrons. The van der Waals surface area contributed by atoms with Crippen LogP contribution in [0.5, 0.6) is 0 Å². The molecule has 3 atom stereocenters. The fraction of sp³-hybridized carbons (Fsp3) is 0.379. The summed E-state index contributed by atoms with van der Waals surface area (Å²) in [4.78, 5) is 77.8. The van der Waals surface area contributed by atoms with Crippen molar-refractivity contribution >= 4 is 76.1 Å². The maximum Gasteiger partial charge on any atom is 0.337 e. The Hall–Kier alpha value is -6.07. The molecule has 3 heterocycles.